The molecule has 1 saturated carbocycles. The van der Waals surface area contributed by atoms with Crippen molar-refractivity contribution in [3.05, 3.63) is 0 Å². The quantitative estimate of drug-likeness (QED) is 0.515. The third-order valence-corrected chi connectivity index (χ3v) is 6.38. The van der Waals surface area contributed by atoms with Crippen LogP contribution in [-0.2, 0) is 4.79 Å². The van der Waals surface area contributed by atoms with E-state index < -0.39 is 5.97 Å². The molecule has 3 unspecified atom stereocenters. The predicted molar refractivity (Wildman–Crippen MR) is 94.0 cm³/mol. The first-order valence-corrected chi connectivity index (χ1v) is 9.77. The topological polar surface area (TPSA) is 37.3 Å². The van der Waals surface area contributed by atoms with Crippen molar-refractivity contribution in [3.63, 3.8) is 0 Å². The zero-order chi connectivity index (χ0) is 16.6. The van der Waals surface area contributed by atoms with Crippen molar-refractivity contribution in [2.75, 3.05) is 0 Å². The van der Waals surface area contributed by atoms with Gasteiger partial charge in [0.15, 0.2) is 0 Å². The molecule has 0 heterocycles. The Hall–Kier alpha value is -0.530. The monoisotopic (exact) mass is 310 g/mol. The van der Waals surface area contributed by atoms with Crippen LogP contribution in [0.15, 0.2) is 0 Å². The third kappa shape index (κ3) is 4.26. The summed E-state index contributed by atoms with van der Waals surface area (Å²) in [6, 6.07) is 0. The minimum atomic E-state index is -0.538. The average Bonchev–Trinajstić information content (AvgIpc) is 2.54. The van der Waals surface area contributed by atoms with Gasteiger partial charge >= 0.3 is 5.97 Å². The Labute approximate surface area is 138 Å². The molecule has 0 aromatic carbocycles. The standard InChI is InChI=1S/C20H38O2/c1-5-8-15-20(16(4)7-3,17-13-10-9-11-14-17)18(12-6-2)19(21)22/h16-18H,5-15H2,1-4H3,(H,21,22). The SMILES string of the molecule is CCCCC(C(C)CC)(C1CCCCC1)C(CCC)C(=O)O. The van der Waals surface area contributed by atoms with Crippen LogP contribution in [0, 0.1) is 23.2 Å². The molecule has 0 amide bonds. The van der Waals surface area contributed by atoms with E-state index in [1.165, 1.54) is 44.9 Å². The number of carboxylic acids is 1. The van der Waals surface area contributed by atoms with Crippen molar-refractivity contribution in [3.8, 4) is 0 Å². The smallest absolute Gasteiger partial charge is 0.307 e. The zero-order valence-corrected chi connectivity index (χ0v) is 15.4. The van der Waals surface area contributed by atoms with E-state index in [-0.39, 0.29) is 11.3 Å². The van der Waals surface area contributed by atoms with Crippen molar-refractivity contribution in [2.45, 2.75) is 98.3 Å². The van der Waals surface area contributed by atoms with Crippen molar-refractivity contribution >= 4 is 5.97 Å². The van der Waals surface area contributed by atoms with E-state index in [0.29, 0.717) is 11.8 Å². The van der Waals surface area contributed by atoms with Crippen molar-refractivity contribution in [1.29, 1.82) is 0 Å². The molecule has 0 aromatic heterocycles. The molecule has 1 rings (SSSR count). The largest absolute Gasteiger partial charge is 0.481 e. The molecule has 0 spiro atoms. The van der Waals surface area contributed by atoms with Crippen LogP contribution in [0.5, 0.6) is 0 Å². The molecular formula is C20H38O2. The number of carbonyl (C=O) groups is 1. The van der Waals surface area contributed by atoms with Gasteiger partial charge in [-0.05, 0) is 42.9 Å². The van der Waals surface area contributed by atoms with Gasteiger partial charge in [-0.3, -0.25) is 4.79 Å². The third-order valence-electron chi connectivity index (χ3n) is 6.38. The van der Waals surface area contributed by atoms with Gasteiger partial charge in [-0.15, -0.1) is 0 Å². The maximum atomic E-state index is 12.2. The van der Waals surface area contributed by atoms with Crippen LogP contribution in [0.1, 0.15) is 98.3 Å². The minimum absolute atomic E-state index is 0.0209. The lowest BCUT2D eigenvalue weighted by atomic mass is 9.53. The molecule has 1 aliphatic rings. The van der Waals surface area contributed by atoms with E-state index in [1.807, 2.05) is 0 Å². The van der Waals surface area contributed by atoms with Crippen LogP contribution in [0.3, 0.4) is 0 Å². The molecule has 0 aromatic rings. The maximum absolute atomic E-state index is 12.2. The maximum Gasteiger partial charge on any atom is 0.307 e. The molecule has 3 atom stereocenters. The Morgan fingerprint density at radius 1 is 1.14 bits per heavy atom. The van der Waals surface area contributed by atoms with Gasteiger partial charge in [0, 0.05) is 0 Å². The molecule has 2 heteroatoms. The summed E-state index contributed by atoms with van der Waals surface area (Å²) >= 11 is 0. The number of rotatable bonds is 10. The highest BCUT2D eigenvalue weighted by Crippen LogP contribution is 2.54. The molecule has 1 fully saturated rings. The van der Waals surface area contributed by atoms with Gasteiger partial charge in [0.1, 0.15) is 0 Å². The molecular weight excluding hydrogens is 272 g/mol. The van der Waals surface area contributed by atoms with Gasteiger partial charge < -0.3 is 5.11 Å². The molecule has 0 saturated heterocycles. The van der Waals surface area contributed by atoms with Crippen molar-refractivity contribution < 1.29 is 9.90 Å². The minimum Gasteiger partial charge on any atom is -0.481 e. The second-order valence-corrected chi connectivity index (χ2v) is 7.54. The molecule has 0 bridgehead atoms. The molecule has 1 N–H and O–H groups in total. The second kappa shape index (κ2) is 9.57. The van der Waals surface area contributed by atoms with Crippen molar-refractivity contribution in [2.24, 2.45) is 23.2 Å². The Balaban J connectivity index is 3.23. The summed E-state index contributed by atoms with van der Waals surface area (Å²) < 4.78 is 0. The van der Waals surface area contributed by atoms with Gasteiger partial charge in [-0.1, -0.05) is 72.6 Å². The first-order chi connectivity index (χ1) is 10.5. The van der Waals surface area contributed by atoms with Crippen LogP contribution in [0.2, 0.25) is 0 Å². The van der Waals surface area contributed by atoms with Gasteiger partial charge in [-0.25, -0.2) is 0 Å². The first kappa shape index (κ1) is 19.5. The lowest BCUT2D eigenvalue weighted by Gasteiger charge is -2.51. The van der Waals surface area contributed by atoms with Gasteiger partial charge in [0.05, 0.1) is 5.92 Å². The molecule has 22 heavy (non-hydrogen) atoms. The fourth-order valence-electron chi connectivity index (χ4n) is 5.07. The summed E-state index contributed by atoms with van der Waals surface area (Å²) in [6.45, 7) is 8.95. The Kier molecular flexibility index (Phi) is 8.49. The Bertz CT molecular complexity index is 320. The number of hydrogen-bond donors (Lipinski definition) is 1. The number of aliphatic carboxylic acids is 1. The number of carboxylic acid groups (broad SMARTS) is 1. The Morgan fingerprint density at radius 3 is 2.23 bits per heavy atom. The lowest BCUT2D eigenvalue weighted by molar-refractivity contribution is -0.154. The molecule has 0 aliphatic heterocycles. The van der Waals surface area contributed by atoms with E-state index in [2.05, 4.69) is 27.7 Å². The van der Waals surface area contributed by atoms with E-state index in [4.69, 9.17) is 0 Å². The van der Waals surface area contributed by atoms with Crippen LogP contribution < -0.4 is 0 Å². The highest BCUT2D eigenvalue weighted by molar-refractivity contribution is 5.71. The van der Waals surface area contributed by atoms with Crippen LogP contribution in [0.4, 0.5) is 0 Å². The fraction of sp³-hybridized carbons (Fsp3) is 0.950. The Morgan fingerprint density at radius 2 is 1.77 bits per heavy atom. The fourth-order valence-corrected chi connectivity index (χ4v) is 5.07. The zero-order valence-electron chi connectivity index (χ0n) is 15.4. The van der Waals surface area contributed by atoms with E-state index in [0.717, 1.165) is 25.7 Å². The average molecular weight is 311 g/mol. The summed E-state index contributed by atoms with van der Waals surface area (Å²) in [5, 5.41) is 10.0. The van der Waals surface area contributed by atoms with Crippen LogP contribution >= 0.6 is 0 Å². The van der Waals surface area contributed by atoms with Gasteiger partial charge in [0.2, 0.25) is 0 Å². The van der Waals surface area contributed by atoms with Crippen molar-refractivity contribution in [1.82, 2.24) is 0 Å². The van der Waals surface area contributed by atoms with E-state index in [1.54, 1.807) is 0 Å². The van der Waals surface area contributed by atoms with Crippen LogP contribution in [-0.4, -0.2) is 11.1 Å². The van der Waals surface area contributed by atoms with Gasteiger partial charge in [0.25, 0.3) is 0 Å². The highest BCUT2D eigenvalue weighted by Gasteiger charge is 2.50. The molecule has 130 valence electrons. The summed E-state index contributed by atoms with van der Waals surface area (Å²) in [7, 11) is 0. The number of unbranched alkanes of at least 4 members (excludes halogenated alkanes) is 1. The van der Waals surface area contributed by atoms with E-state index >= 15 is 0 Å². The second-order valence-electron chi connectivity index (χ2n) is 7.54. The molecule has 0 radical (unpaired) electrons. The summed E-state index contributed by atoms with van der Waals surface area (Å²) in [4.78, 5) is 12.2. The highest BCUT2D eigenvalue weighted by atomic mass is 16.4. The van der Waals surface area contributed by atoms with E-state index in [9.17, 15) is 9.90 Å². The summed E-state index contributed by atoms with van der Waals surface area (Å²) in [5.74, 6) is 0.441. The first-order valence-electron chi connectivity index (χ1n) is 9.77. The summed E-state index contributed by atoms with van der Waals surface area (Å²) in [6.07, 6.45) is 12.8. The lowest BCUT2D eigenvalue weighted by Crippen LogP contribution is -2.47. The summed E-state index contributed by atoms with van der Waals surface area (Å²) in [5.41, 5.74) is 0.0209. The van der Waals surface area contributed by atoms with Crippen LogP contribution in [0.25, 0.3) is 0 Å². The molecule has 2 nitrogen and oxygen atoms in total. The molecule has 1 aliphatic carbocycles. The number of hydrogen-bond acceptors (Lipinski definition) is 1. The normalized spacial score (nSPS) is 22.0. The predicted octanol–water partition coefficient (Wildman–Crippen LogP) is 6.29. The van der Waals surface area contributed by atoms with Gasteiger partial charge in [-0.2, -0.15) is 0 Å².